The summed E-state index contributed by atoms with van der Waals surface area (Å²) in [6, 6.07) is 0. The van der Waals surface area contributed by atoms with Gasteiger partial charge in [0.1, 0.15) is 0 Å². The van der Waals surface area contributed by atoms with Crippen LogP contribution >= 0.6 is 0 Å². The topological polar surface area (TPSA) is 39.1 Å². The molecule has 0 radical (unpaired) electrons. The van der Waals surface area contributed by atoms with Crippen molar-refractivity contribution < 1.29 is 4.74 Å². The molecule has 1 aromatic heterocycles. The second-order valence-electron chi connectivity index (χ2n) is 5.65. The van der Waals surface area contributed by atoms with E-state index >= 15 is 0 Å². The van der Waals surface area contributed by atoms with Crippen molar-refractivity contribution in [1.29, 1.82) is 0 Å². The van der Waals surface area contributed by atoms with Crippen LogP contribution in [0.5, 0.6) is 0 Å². The van der Waals surface area contributed by atoms with E-state index in [2.05, 4.69) is 21.8 Å². The zero-order valence-electron chi connectivity index (χ0n) is 10.5. The van der Waals surface area contributed by atoms with E-state index in [-0.39, 0.29) is 5.41 Å². The van der Waals surface area contributed by atoms with E-state index < -0.39 is 0 Å². The summed E-state index contributed by atoms with van der Waals surface area (Å²) in [5.41, 5.74) is 1.64. The minimum absolute atomic E-state index is 0.260. The van der Waals surface area contributed by atoms with Crippen molar-refractivity contribution in [2.75, 3.05) is 26.3 Å². The van der Waals surface area contributed by atoms with Gasteiger partial charge in [-0.1, -0.05) is 6.92 Å². The van der Waals surface area contributed by atoms with Crippen molar-refractivity contribution in [3.05, 3.63) is 18.2 Å². The van der Waals surface area contributed by atoms with Crippen molar-refractivity contribution in [3.8, 4) is 0 Å². The normalized spacial score (nSPS) is 33.4. The van der Waals surface area contributed by atoms with Crippen molar-refractivity contribution in [2.24, 2.45) is 5.92 Å². The van der Waals surface area contributed by atoms with Crippen LogP contribution in [0.3, 0.4) is 0 Å². The summed E-state index contributed by atoms with van der Waals surface area (Å²) < 4.78 is 7.79. The van der Waals surface area contributed by atoms with Crippen LogP contribution in [0.1, 0.15) is 25.5 Å². The minimum atomic E-state index is 0.260. The van der Waals surface area contributed by atoms with Gasteiger partial charge < -0.3 is 14.6 Å². The maximum atomic E-state index is 5.45. The molecule has 4 heteroatoms. The third-order valence-corrected chi connectivity index (χ3v) is 4.18. The van der Waals surface area contributed by atoms with Crippen LogP contribution in [0.15, 0.2) is 12.5 Å². The van der Waals surface area contributed by atoms with Crippen molar-refractivity contribution in [1.82, 2.24) is 14.9 Å². The molecule has 2 aliphatic rings. The van der Waals surface area contributed by atoms with E-state index in [9.17, 15) is 0 Å². The van der Waals surface area contributed by atoms with E-state index in [1.807, 2.05) is 12.5 Å². The lowest BCUT2D eigenvalue weighted by molar-refractivity contribution is 0.182. The molecule has 2 atom stereocenters. The number of imidazole rings is 1. The SMILES string of the molecule is CC1(c2cncn2CC2CCOC2)CCNC1. The van der Waals surface area contributed by atoms with Crippen molar-refractivity contribution in [3.63, 3.8) is 0 Å². The van der Waals surface area contributed by atoms with E-state index in [1.165, 1.54) is 18.5 Å². The Kier molecular flexibility index (Phi) is 2.92. The molecule has 2 saturated heterocycles. The smallest absolute Gasteiger partial charge is 0.0948 e. The summed E-state index contributed by atoms with van der Waals surface area (Å²) in [6.45, 7) is 7.42. The molecule has 2 unspecified atom stereocenters. The first-order chi connectivity index (χ1) is 8.28. The van der Waals surface area contributed by atoms with E-state index in [4.69, 9.17) is 4.74 Å². The number of hydrogen-bond acceptors (Lipinski definition) is 3. The molecular weight excluding hydrogens is 214 g/mol. The molecule has 2 fully saturated rings. The quantitative estimate of drug-likeness (QED) is 0.855. The summed E-state index contributed by atoms with van der Waals surface area (Å²) in [6.07, 6.45) is 6.42. The largest absolute Gasteiger partial charge is 0.381 e. The van der Waals surface area contributed by atoms with Crippen LogP contribution in [0, 0.1) is 5.92 Å². The van der Waals surface area contributed by atoms with Gasteiger partial charge in [-0.3, -0.25) is 0 Å². The average molecular weight is 235 g/mol. The summed E-state index contributed by atoms with van der Waals surface area (Å²) in [7, 11) is 0. The Morgan fingerprint density at radius 2 is 2.59 bits per heavy atom. The zero-order chi connectivity index (χ0) is 11.7. The van der Waals surface area contributed by atoms with Gasteiger partial charge in [0, 0.05) is 42.9 Å². The molecule has 2 aliphatic heterocycles. The molecular formula is C13H21N3O. The first-order valence-corrected chi connectivity index (χ1v) is 6.57. The monoisotopic (exact) mass is 235 g/mol. The fraction of sp³-hybridized carbons (Fsp3) is 0.769. The molecule has 0 saturated carbocycles. The van der Waals surface area contributed by atoms with E-state index in [1.54, 1.807) is 0 Å². The van der Waals surface area contributed by atoms with Gasteiger partial charge in [0.15, 0.2) is 0 Å². The maximum absolute atomic E-state index is 5.45. The van der Waals surface area contributed by atoms with Gasteiger partial charge in [-0.25, -0.2) is 4.98 Å². The molecule has 1 aromatic rings. The van der Waals surface area contributed by atoms with Crippen LogP contribution in [-0.2, 0) is 16.7 Å². The van der Waals surface area contributed by atoms with Crippen LogP contribution < -0.4 is 5.32 Å². The number of ether oxygens (including phenoxy) is 1. The number of nitrogens with zero attached hydrogens (tertiary/aromatic N) is 2. The van der Waals surface area contributed by atoms with Gasteiger partial charge in [0.05, 0.1) is 12.9 Å². The first kappa shape index (κ1) is 11.2. The van der Waals surface area contributed by atoms with Gasteiger partial charge in [-0.2, -0.15) is 0 Å². The van der Waals surface area contributed by atoms with Crippen LogP contribution in [0.4, 0.5) is 0 Å². The van der Waals surface area contributed by atoms with Crippen molar-refractivity contribution >= 4 is 0 Å². The molecule has 17 heavy (non-hydrogen) atoms. The summed E-state index contributed by atoms with van der Waals surface area (Å²) >= 11 is 0. The van der Waals surface area contributed by atoms with Gasteiger partial charge in [0.25, 0.3) is 0 Å². The highest BCUT2D eigenvalue weighted by atomic mass is 16.5. The lowest BCUT2D eigenvalue weighted by Gasteiger charge is -2.25. The first-order valence-electron chi connectivity index (χ1n) is 6.57. The summed E-state index contributed by atoms with van der Waals surface area (Å²) in [5, 5.41) is 3.46. The second kappa shape index (κ2) is 4.42. The highest BCUT2D eigenvalue weighted by molar-refractivity contribution is 5.17. The molecule has 94 valence electrons. The molecule has 0 amide bonds. The predicted octanol–water partition coefficient (Wildman–Crippen LogP) is 1.17. The van der Waals surface area contributed by atoms with E-state index in [0.717, 1.165) is 32.8 Å². The number of nitrogens with one attached hydrogen (secondary N) is 1. The Morgan fingerprint density at radius 1 is 1.65 bits per heavy atom. The summed E-state index contributed by atoms with van der Waals surface area (Å²) in [5.74, 6) is 0.668. The molecule has 0 aliphatic carbocycles. The number of hydrogen-bond donors (Lipinski definition) is 1. The highest BCUT2D eigenvalue weighted by Crippen LogP contribution is 2.30. The van der Waals surface area contributed by atoms with Crippen LogP contribution in [-0.4, -0.2) is 35.9 Å². The lowest BCUT2D eigenvalue weighted by atomic mass is 9.86. The maximum Gasteiger partial charge on any atom is 0.0948 e. The number of aromatic nitrogens is 2. The average Bonchev–Trinajstić information content (AvgIpc) is 3.00. The standard InChI is InChI=1S/C13H21N3O/c1-13(3-4-14-9-13)12-6-15-10-16(12)7-11-2-5-17-8-11/h6,10-11,14H,2-5,7-9H2,1H3. The summed E-state index contributed by atoms with van der Waals surface area (Å²) in [4.78, 5) is 4.35. The van der Waals surface area contributed by atoms with Crippen LogP contribution in [0.25, 0.3) is 0 Å². The second-order valence-corrected chi connectivity index (χ2v) is 5.65. The third kappa shape index (κ3) is 2.11. The Bertz CT molecular complexity index is 376. The van der Waals surface area contributed by atoms with Gasteiger partial charge in [-0.05, 0) is 19.4 Å². The van der Waals surface area contributed by atoms with Gasteiger partial charge in [0.2, 0.25) is 0 Å². The predicted molar refractivity (Wildman–Crippen MR) is 66.0 cm³/mol. The Balaban J connectivity index is 1.78. The highest BCUT2D eigenvalue weighted by Gasteiger charge is 2.33. The van der Waals surface area contributed by atoms with E-state index in [0.29, 0.717) is 5.92 Å². The minimum Gasteiger partial charge on any atom is -0.381 e. The van der Waals surface area contributed by atoms with Crippen LogP contribution in [0.2, 0.25) is 0 Å². The van der Waals surface area contributed by atoms with Gasteiger partial charge in [-0.15, -0.1) is 0 Å². The third-order valence-electron chi connectivity index (χ3n) is 4.18. The fourth-order valence-corrected chi connectivity index (χ4v) is 3.01. The lowest BCUT2D eigenvalue weighted by Crippen LogP contribution is -2.29. The molecule has 0 spiro atoms. The van der Waals surface area contributed by atoms with Gasteiger partial charge >= 0.3 is 0 Å². The molecule has 1 N–H and O–H groups in total. The number of rotatable bonds is 3. The molecule has 3 rings (SSSR count). The Hall–Kier alpha value is -0.870. The molecule has 3 heterocycles. The van der Waals surface area contributed by atoms with Crippen molar-refractivity contribution in [2.45, 2.75) is 31.7 Å². The Morgan fingerprint density at radius 3 is 3.29 bits per heavy atom. The molecule has 4 nitrogen and oxygen atoms in total. The molecule has 0 bridgehead atoms. The fourth-order valence-electron chi connectivity index (χ4n) is 3.01. The molecule has 0 aromatic carbocycles. The zero-order valence-corrected chi connectivity index (χ0v) is 10.5. The Labute approximate surface area is 102 Å².